The first-order chi connectivity index (χ1) is 6.16. The van der Waals surface area contributed by atoms with Gasteiger partial charge in [-0.25, -0.2) is 4.79 Å². The quantitative estimate of drug-likeness (QED) is 0.304. The number of carbonyl (C=O) groups is 1. The van der Waals surface area contributed by atoms with Crippen LogP contribution in [0, 0.1) is 5.92 Å². The van der Waals surface area contributed by atoms with E-state index >= 15 is 0 Å². The third-order valence-corrected chi connectivity index (χ3v) is 2.72. The molecule has 0 amide bonds. The van der Waals surface area contributed by atoms with Crippen molar-refractivity contribution in [2.45, 2.75) is 25.4 Å². The molecule has 1 N–H and O–H groups in total. The fraction of sp³-hybridized carbons (Fsp3) is 0.500. The first kappa shape index (κ1) is 8.35. The van der Waals surface area contributed by atoms with Crippen LogP contribution >= 0.6 is 0 Å². The van der Waals surface area contributed by atoms with E-state index in [0.29, 0.717) is 5.92 Å². The Morgan fingerprint density at radius 3 is 2.85 bits per heavy atom. The van der Waals surface area contributed by atoms with E-state index in [9.17, 15) is 4.79 Å². The van der Waals surface area contributed by atoms with Crippen molar-refractivity contribution in [2.24, 2.45) is 5.92 Å². The molecule has 2 aliphatic rings. The summed E-state index contributed by atoms with van der Waals surface area (Å²) < 4.78 is 5.08. The number of hydrogen-bond donors (Lipinski definition) is 1. The maximum atomic E-state index is 11.0. The molecule has 3 nitrogen and oxygen atoms in total. The van der Waals surface area contributed by atoms with E-state index in [-0.39, 0.29) is 6.10 Å². The predicted molar refractivity (Wildman–Crippen MR) is 47.1 cm³/mol. The lowest BCUT2D eigenvalue weighted by atomic mass is 10.0. The monoisotopic (exact) mass is 180 g/mol. The number of carbonyl (C=O) groups excluding carboxylic acids is 1. The van der Waals surface area contributed by atoms with Crippen LogP contribution in [0.3, 0.4) is 0 Å². The Morgan fingerprint density at radius 1 is 1.62 bits per heavy atom. The molecule has 0 aromatic heterocycles. The lowest BCUT2D eigenvalue weighted by Crippen LogP contribution is -2.23. The highest BCUT2D eigenvalue weighted by molar-refractivity contribution is 5.85. The Bertz CT molecular complexity index is 291. The minimum Gasteiger partial charge on any atom is -0.502 e. The van der Waals surface area contributed by atoms with E-state index in [2.05, 4.69) is 12.7 Å². The van der Waals surface area contributed by atoms with Crippen LogP contribution in [0.2, 0.25) is 0 Å². The standard InChI is InChI=1S/C10H12O3/c1-6(11)10(12)13-9-5-7-2-3-8(9)4-7/h2,8-9,11H,1,3-5H2. The zero-order valence-corrected chi connectivity index (χ0v) is 7.32. The van der Waals surface area contributed by atoms with Crippen molar-refractivity contribution in [1.29, 1.82) is 0 Å². The van der Waals surface area contributed by atoms with Crippen molar-refractivity contribution in [1.82, 2.24) is 0 Å². The van der Waals surface area contributed by atoms with Crippen molar-refractivity contribution >= 4 is 5.97 Å². The van der Waals surface area contributed by atoms with E-state index in [0.717, 1.165) is 19.3 Å². The van der Waals surface area contributed by atoms with Gasteiger partial charge in [0.05, 0.1) is 0 Å². The highest BCUT2D eigenvalue weighted by Gasteiger charge is 2.36. The minimum atomic E-state index is -0.682. The molecule has 2 rings (SSSR count). The number of aliphatic hydroxyl groups excluding tert-OH is 1. The molecule has 1 fully saturated rings. The van der Waals surface area contributed by atoms with Crippen molar-refractivity contribution in [3.05, 3.63) is 24.0 Å². The maximum absolute atomic E-state index is 11.0. The van der Waals surface area contributed by atoms with E-state index in [1.807, 2.05) is 0 Å². The van der Waals surface area contributed by atoms with Gasteiger partial charge in [-0.1, -0.05) is 11.6 Å². The lowest BCUT2D eigenvalue weighted by molar-refractivity contribution is -0.149. The van der Waals surface area contributed by atoms with Gasteiger partial charge in [-0.15, -0.1) is 0 Å². The van der Waals surface area contributed by atoms with E-state index in [1.165, 1.54) is 5.57 Å². The van der Waals surface area contributed by atoms with Gasteiger partial charge >= 0.3 is 5.97 Å². The van der Waals surface area contributed by atoms with Gasteiger partial charge in [-0.2, -0.15) is 0 Å². The second-order valence-electron chi connectivity index (χ2n) is 3.66. The Labute approximate surface area is 76.7 Å². The summed E-state index contributed by atoms with van der Waals surface area (Å²) in [6, 6.07) is 0. The van der Waals surface area contributed by atoms with Gasteiger partial charge in [0.25, 0.3) is 0 Å². The molecule has 0 heterocycles. The van der Waals surface area contributed by atoms with Crippen LogP contribution in [0.25, 0.3) is 0 Å². The molecular formula is C10H12O3. The second kappa shape index (κ2) is 2.91. The Kier molecular flexibility index (Phi) is 1.87. The minimum absolute atomic E-state index is 0.0311. The molecule has 3 heteroatoms. The molecule has 0 radical (unpaired) electrons. The predicted octanol–water partition coefficient (Wildman–Crippen LogP) is 1.71. The number of esters is 1. The van der Waals surface area contributed by atoms with E-state index < -0.39 is 11.7 Å². The second-order valence-corrected chi connectivity index (χ2v) is 3.66. The first-order valence-corrected chi connectivity index (χ1v) is 4.43. The summed E-state index contributed by atoms with van der Waals surface area (Å²) in [7, 11) is 0. The topological polar surface area (TPSA) is 46.5 Å². The normalized spacial score (nSPS) is 30.0. The number of fused-ring (bicyclic) bond motifs is 2. The molecule has 0 saturated heterocycles. The number of ether oxygens (including phenoxy) is 1. The summed E-state index contributed by atoms with van der Waals surface area (Å²) in [5.41, 5.74) is 1.38. The molecule has 1 saturated carbocycles. The maximum Gasteiger partial charge on any atom is 0.373 e. The third-order valence-electron chi connectivity index (χ3n) is 2.72. The van der Waals surface area contributed by atoms with Crippen molar-refractivity contribution in [3.8, 4) is 0 Å². The zero-order valence-electron chi connectivity index (χ0n) is 7.32. The fourth-order valence-corrected chi connectivity index (χ4v) is 2.04. The summed E-state index contributed by atoms with van der Waals surface area (Å²) in [5, 5.41) is 8.77. The molecule has 0 aliphatic heterocycles. The molecule has 0 aromatic carbocycles. The van der Waals surface area contributed by atoms with Crippen molar-refractivity contribution in [3.63, 3.8) is 0 Å². The van der Waals surface area contributed by atoms with Crippen LogP contribution in [0.5, 0.6) is 0 Å². The van der Waals surface area contributed by atoms with Gasteiger partial charge in [-0.05, 0) is 19.4 Å². The molecular weight excluding hydrogens is 168 g/mol. The van der Waals surface area contributed by atoms with Crippen LogP contribution in [0.15, 0.2) is 24.0 Å². The summed E-state index contributed by atoms with van der Waals surface area (Å²) >= 11 is 0. The van der Waals surface area contributed by atoms with E-state index in [1.54, 1.807) is 0 Å². The highest BCUT2D eigenvalue weighted by atomic mass is 16.6. The molecule has 0 aromatic rings. The summed E-state index contributed by atoms with van der Waals surface area (Å²) in [6.45, 7) is 3.13. The van der Waals surface area contributed by atoms with Gasteiger partial charge in [0.1, 0.15) is 6.10 Å². The van der Waals surface area contributed by atoms with Crippen LogP contribution in [-0.2, 0) is 9.53 Å². The average Bonchev–Trinajstić information content (AvgIpc) is 2.64. The molecule has 2 bridgehead atoms. The summed E-state index contributed by atoms with van der Waals surface area (Å²) in [6.07, 6.45) is 5.07. The number of rotatable bonds is 2. The molecule has 2 unspecified atom stereocenters. The molecule has 13 heavy (non-hydrogen) atoms. The van der Waals surface area contributed by atoms with Crippen molar-refractivity contribution < 1.29 is 14.6 Å². The number of allylic oxidation sites excluding steroid dienone is 1. The largest absolute Gasteiger partial charge is 0.502 e. The molecule has 0 spiro atoms. The molecule has 70 valence electrons. The van der Waals surface area contributed by atoms with Gasteiger partial charge in [0, 0.05) is 12.3 Å². The number of hydrogen-bond acceptors (Lipinski definition) is 3. The van der Waals surface area contributed by atoms with Crippen LogP contribution in [0.4, 0.5) is 0 Å². The highest BCUT2D eigenvalue weighted by Crippen LogP contribution is 2.41. The van der Waals surface area contributed by atoms with Crippen LogP contribution in [0.1, 0.15) is 19.3 Å². The third kappa shape index (κ3) is 1.46. The van der Waals surface area contributed by atoms with Gasteiger partial charge < -0.3 is 9.84 Å². The average molecular weight is 180 g/mol. The first-order valence-electron chi connectivity index (χ1n) is 4.43. The van der Waals surface area contributed by atoms with Gasteiger partial charge in [0.2, 0.25) is 0 Å². The molecule has 2 aliphatic carbocycles. The number of aliphatic hydroxyl groups is 1. The Hall–Kier alpha value is -1.25. The molecule has 2 atom stereocenters. The lowest BCUT2D eigenvalue weighted by Gasteiger charge is -2.18. The van der Waals surface area contributed by atoms with E-state index in [4.69, 9.17) is 9.84 Å². The summed E-state index contributed by atoms with van der Waals surface area (Å²) in [5.74, 6) is -0.742. The van der Waals surface area contributed by atoms with Gasteiger partial charge in [-0.3, -0.25) is 0 Å². The van der Waals surface area contributed by atoms with Gasteiger partial charge in [0.15, 0.2) is 5.76 Å². The van der Waals surface area contributed by atoms with Crippen LogP contribution < -0.4 is 0 Å². The Balaban J connectivity index is 1.94. The SMILES string of the molecule is C=C(O)C(=O)OC1CC2=CCC1C2. The summed E-state index contributed by atoms with van der Waals surface area (Å²) in [4.78, 5) is 11.0. The Morgan fingerprint density at radius 2 is 2.38 bits per heavy atom. The zero-order chi connectivity index (χ0) is 9.42. The van der Waals surface area contributed by atoms with Crippen LogP contribution in [-0.4, -0.2) is 17.2 Å². The smallest absolute Gasteiger partial charge is 0.373 e. The fourth-order valence-electron chi connectivity index (χ4n) is 2.04. The van der Waals surface area contributed by atoms with Crippen molar-refractivity contribution in [2.75, 3.05) is 0 Å².